The Kier molecular flexibility index (Phi) is 7.18. The van der Waals surface area contributed by atoms with Gasteiger partial charge in [0, 0.05) is 11.7 Å². The molecule has 0 unspecified atom stereocenters. The third-order valence-corrected chi connectivity index (χ3v) is 4.70. The summed E-state index contributed by atoms with van der Waals surface area (Å²) in [5.41, 5.74) is 0.687. The van der Waals surface area contributed by atoms with Crippen molar-refractivity contribution in [1.82, 2.24) is 5.32 Å². The Morgan fingerprint density at radius 3 is 2.48 bits per heavy atom. The minimum absolute atomic E-state index is 0.0340. The molecule has 0 aromatic heterocycles. The first-order valence-corrected chi connectivity index (χ1v) is 8.88. The number of anilines is 1. The van der Waals surface area contributed by atoms with Crippen LogP contribution in [0, 0.1) is 0 Å². The summed E-state index contributed by atoms with van der Waals surface area (Å²) in [6.07, 6.45) is 8.78. The molecule has 128 valence electrons. The van der Waals surface area contributed by atoms with Crippen LogP contribution in [-0.4, -0.2) is 25.1 Å². The fraction of sp³-hybridized carbons (Fsp3) is 0.611. The minimum atomic E-state index is -0.222. The number of benzene rings is 1. The van der Waals surface area contributed by atoms with Crippen molar-refractivity contribution in [2.24, 2.45) is 0 Å². The number of nitrogens with one attached hydrogen (secondary N) is 2. The van der Waals surface area contributed by atoms with Gasteiger partial charge in [-0.05, 0) is 38.0 Å². The van der Waals surface area contributed by atoms with Crippen LogP contribution in [-0.2, 0) is 4.79 Å². The van der Waals surface area contributed by atoms with Gasteiger partial charge in [0.1, 0.15) is 5.75 Å². The van der Waals surface area contributed by atoms with E-state index in [1.165, 1.54) is 32.1 Å². The Bertz CT molecular complexity index is 514. The topological polar surface area (TPSA) is 50.4 Å². The molecule has 0 bridgehead atoms. The van der Waals surface area contributed by atoms with Gasteiger partial charge in [-0.15, -0.1) is 0 Å². The van der Waals surface area contributed by atoms with E-state index in [1.807, 2.05) is 6.92 Å². The highest BCUT2D eigenvalue weighted by molar-refractivity contribution is 6.32. The quantitative estimate of drug-likeness (QED) is 0.837. The molecule has 1 aromatic rings. The zero-order valence-corrected chi connectivity index (χ0v) is 14.8. The number of hydrogen-bond acceptors (Lipinski definition) is 3. The number of ether oxygens (including phenoxy) is 1. The number of methoxy groups -OCH3 is 1. The first-order valence-electron chi connectivity index (χ1n) is 8.50. The minimum Gasteiger partial charge on any atom is -0.495 e. The molecule has 1 fully saturated rings. The van der Waals surface area contributed by atoms with E-state index in [-0.39, 0.29) is 11.9 Å². The van der Waals surface area contributed by atoms with Crippen LogP contribution < -0.4 is 15.4 Å². The van der Waals surface area contributed by atoms with Crippen LogP contribution in [0.2, 0.25) is 5.02 Å². The molecule has 4 nitrogen and oxygen atoms in total. The summed E-state index contributed by atoms with van der Waals surface area (Å²) in [6.45, 7) is 1.92. The Hall–Kier alpha value is -1.26. The molecule has 1 aliphatic rings. The zero-order chi connectivity index (χ0) is 16.7. The monoisotopic (exact) mass is 338 g/mol. The second-order valence-electron chi connectivity index (χ2n) is 6.27. The molecule has 2 N–H and O–H groups in total. The maximum Gasteiger partial charge on any atom is 0.241 e. The molecule has 1 aromatic carbocycles. The van der Waals surface area contributed by atoms with Crippen LogP contribution in [0.1, 0.15) is 51.9 Å². The first-order chi connectivity index (χ1) is 11.1. The molecule has 0 spiro atoms. The molecule has 0 heterocycles. The fourth-order valence-corrected chi connectivity index (χ4v) is 3.30. The number of hydrogen-bond donors (Lipinski definition) is 2. The van der Waals surface area contributed by atoms with E-state index in [9.17, 15) is 4.79 Å². The van der Waals surface area contributed by atoms with Gasteiger partial charge in [0.05, 0.1) is 18.2 Å². The van der Waals surface area contributed by atoms with E-state index < -0.39 is 0 Å². The van der Waals surface area contributed by atoms with Crippen LogP contribution in [0.25, 0.3) is 0 Å². The van der Waals surface area contributed by atoms with Crippen LogP contribution in [0.4, 0.5) is 5.69 Å². The lowest BCUT2D eigenvalue weighted by Gasteiger charge is -2.24. The average Bonchev–Trinajstić information content (AvgIpc) is 2.50. The molecule has 2 rings (SSSR count). The normalized spacial score (nSPS) is 17.9. The summed E-state index contributed by atoms with van der Waals surface area (Å²) < 4.78 is 5.12. The second-order valence-corrected chi connectivity index (χ2v) is 6.68. The van der Waals surface area contributed by atoms with Crippen LogP contribution in [0.5, 0.6) is 5.75 Å². The summed E-state index contributed by atoms with van der Waals surface area (Å²) >= 11 is 6.09. The van der Waals surface area contributed by atoms with Crippen molar-refractivity contribution < 1.29 is 9.53 Å². The number of amides is 1. The summed E-state index contributed by atoms with van der Waals surface area (Å²) in [4.78, 5) is 12.4. The van der Waals surface area contributed by atoms with E-state index in [0.29, 0.717) is 22.5 Å². The van der Waals surface area contributed by atoms with Crippen LogP contribution >= 0.6 is 11.6 Å². The Labute approximate surface area is 143 Å². The van der Waals surface area contributed by atoms with Gasteiger partial charge in [0.15, 0.2) is 0 Å². The van der Waals surface area contributed by atoms with Gasteiger partial charge in [0.25, 0.3) is 0 Å². The summed E-state index contributed by atoms with van der Waals surface area (Å²) in [5.74, 6) is 0.568. The highest BCUT2D eigenvalue weighted by atomic mass is 35.5. The number of rotatable bonds is 5. The molecule has 0 aliphatic heterocycles. The Morgan fingerprint density at radius 1 is 1.22 bits per heavy atom. The second kappa shape index (κ2) is 9.14. The standard InChI is InChI=1S/C18H27ClN2O2/c1-13(20-14-8-6-4-3-5-7-9-14)18(22)21-15-10-11-17(23-2)16(19)12-15/h10-14,20H,3-9H2,1-2H3,(H,21,22)/t13-/m1/s1. The highest BCUT2D eigenvalue weighted by Gasteiger charge is 2.19. The van der Waals surface area contributed by atoms with Gasteiger partial charge in [-0.1, -0.05) is 43.7 Å². The van der Waals surface area contributed by atoms with Crippen molar-refractivity contribution in [1.29, 1.82) is 0 Å². The smallest absolute Gasteiger partial charge is 0.241 e. The summed E-state index contributed by atoms with van der Waals surface area (Å²) in [5, 5.41) is 6.88. The molecule has 5 heteroatoms. The molecule has 0 radical (unpaired) electrons. The molecular formula is C18H27ClN2O2. The molecule has 1 atom stereocenters. The van der Waals surface area contributed by atoms with Crippen molar-refractivity contribution in [2.75, 3.05) is 12.4 Å². The van der Waals surface area contributed by atoms with E-state index in [0.717, 1.165) is 12.8 Å². The van der Waals surface area contributed by atoms with Crippen LogP contribution in [0.15, 0.2) is 18.2 Å². The molecular weight excluding hydrogens is 312 g/mol. The first kappa shape index (κ1) is 18.1. The Morgan fingerprint density at radius 2 is 1.87 bits per heavy atom. The van der Waals surface area contributed by atoms with Gasteiger partial charge < -0.3 is 15.4 Å². The van der Waals surface area contributed by atoms with E-state index >= 15 is 0 Å². The third kappa shape index (κ3) is 5.70. The maximum absolute atomic E-state index is 12.4. The number of carbonyl (C=O) groups excluding carboxylic acids is 1. The highest BCUT2D eigenvalue weighted by Crippen LogP contribution is 2.27. The SMILES string of the molecule is COc1ccc(NC(=O)[C@@H](C)NC2CCCCCCC2)cc1Cl. The largest absolute Gasteiger partial charge is 0.495 e. The van der Waals surface area contributed by atoms with E-state index in [4.69, 9.17) is 16.3 Å². The van der Waals surface area contributed by atoms with Gasteiger partial charge in [0.2, 0.25) is 5.91 Å². The van der Waals surface area contributed by atoms with Gasteiger partial charge in [-0.3, -0.25) is 4.79 Å². The van der Waals surface area contributed by atoms with Crippen molar-refractivity contribution in [3.05, 3.63) is 23.2 Å². The maximum atomic E-state index is 12.4. The van der Waals surface area contributed by atoms with Crippen molar-refractivity contribution >= 4 is 23.2 Å². The average molecular weight is 339 g/mol. The number of carbonyl (C=O) groups is 1. The van der Waals surface area contributed by atoms with Crippen molar-refractivity contribution in [3.8, 4) is 5.75 Å². The number of halogens is 1. The predicted octanol–water partition coefficient (Wildman–Crippen LogP) is 4.38. The van der Waals surface area contributed by atoms with Crippen molar-refractivity contribution in [3.63, 3.8) is 0 Å². The van der Waals surface area contributed by atoms with Gasteiger partial charge in [-0.2, -0.15) is 0 Å². The fourth-order valence-electron chi connectivity index (χ4n) is 3.05. The Balaban J connectivity index is 1.87. The van der Waals surface area contributed by atoms with Crippen LogP contribution in [0.3, 0.4) is 0 Å². The third-order valence-electron chi connectivity index (χ3n) is 4.40. The van der Waals surface area contributed by atoms with Crippen molar-refractivity contribution in [2.45, 2.75) is 64.0 Å². The lowest BCUT2D eigenvalue weighted by molar-refractivity contribution is -0.118. The van der Waals surface area contributed by atoms with E-state index in [1.54, 1.807) is 25.3 Å². The predicted molar refractivity (Wildman–Crippen MR) is 95.3 cm³/mol. The molecule has 0 saturated heterocycles. The van der Waals surface area contributed by atoms with Gasteiger partial charge >= 0.3 is 0 Å². The molecule has 1 aliphatic carbocycles. The lowest BCUT2D eigenvalue weighted by Crippen LogP contribution is -2.44. The van der Waals surface area contributed by atoms with E-state index in [2.05, 4.69) is 10.6 Å². The van der Waals surface area contributed by atoms with Gasteiger partial charge in [-0.25, -0.2) is 0 Å². The lowest BCUT2D eigenvalue weighted by atomic mass is 9.96. The molecule has 1 amide bonds. The zero-order valence-electron chi connectivity index (χ0n) is 14.0. The summed E-state index contributed by atoms with van der Waals surface area (Å²) in [6, 6.07) is 5.48. The molecule has 23 heavy (non-hydrogen) atoms. The molecule has 1 saturated carbocycles. The summed E-state index contributed by atoms with van der Waals surface area (Å²) in [7, 11) is 1.57.